The minimum absolute atomic E-state index is 0.0134. The molecule has 0 fully saturated rings. The summed E-state index contributed by atoms with van der Waals surface area (Å²) in [5.74, 6) is 0.766. The van der Waals surface area contributed by atoms with Crippen LogP contribution in [0.15, 0.2) is 60.2 Å². The van der Waals surface area contributed by atoms with Gasteiger partial charge in [-0.2, -0.15) is 0 Å². The van der Waals surface area contributed by atoms with Crippen molar-refractivity contribution >= 4 is 17.2 Å². The number of benzene rings is 1. The maximum absolute atomic E-state index is 11.8. The molecule has 25 heavy (non-hydrogen) atoms. The van der Waals surface area contributed by atoms with Crippen molar-refractivity contribution in [2.45, 2.75) is 12.8 Å². The largest absolute Gasteiger partial charge is 0.493 e. The lowest BCUT2D eigenvalue weighted by Gasteiger charge is -2.06. The number of hydrogen-bond acceptors (Lipinski definition) is 5. The summed E-state index contributed by atoms with van der Waals surface area (Å²) in [5.41, 5.74) is 2.05. The summed E-state index contributed by atoms with van der Waals surface area (Å²) >= 11 is 1.60. The van der Waals surface area contributed by atoms with Gasteiger partial charge in [-0.1, -0.05) is 18.2 Å². The van der Waals surface area contributed by atoms with E-state index < -0.39 is 0 Å². The van der Waals surface area contributed by atoms with Crippen LogP contribution in [0.5, 0.6) is 5.75 Å². The van der Waals surface area contributed by atoms with Crippen molar-refractivity contribution in [1.82, 2.24) is 15.3 Å². The van der Waals surface area contributed by atoms with Crippen molar-refractivity contribution in [1.29, 1.82) is 0 Å². The summed E-state index contributed by atoms with van der Waals surface area (Å²) < 4.78 is 5.52. The molecule has 0 aliphatic rings. The Morgan fingerprint density at radius 1 is 1.12 bits per heavy atom. The van der Waals surface area contributed by atoms with Gasteiger partial charge in [-0.3, -0.25) is 9.78 Å². The summed E-state index contributed by atoms with van der Waals surface area (Å²) in [4.78, 5) is 20.4. The molecule has 2 heterocycles. The van der Waals surface area contributed by atoms with Gasteiger partial charge in [0, 0.05) is 36.3 Å². The number of aromatic nitrogens is 2. The van der Waals surface area contributed by atoms with Gasteiger partial charge >= 0.3 is 0 Å². The highest BCUT2D eigenvalue weighted by Gasteiger charge is 2.06. The maximum Gasteiger partial charge on any atom is 0.223 e. The van der Waals surface area contributed by atoms with Crippen LogP contribution in [0.3, 0.4) is 0 Å². The Morgan fingerprint density at radius 3 is 2.72 bits per heavy atom. The molecule has 0 aliphatic heterocycles. The number of amides is 1. The predicted octanol–water partition coefficient (Wildman–Crippen LogP) is 3.33. The molecule has 0 spiro atoms. The number of thiazole rings is 1. The second kappa shape index (κ2) is 8.94. The normalized spacial score (nSPS) is 10.4. The molecule has 0 saturated heterocycles. The van der Waals surface area contributed by atoms with Crippen LogP contribution in [-0.4, -0.2) is 29.0 Å². The summed E-state index contributed by atoms with van der Waals surface area (Å²) in [5, 5.41) is 5.90. The smallest absolute Gasteiger partial charge is 0.223 e. The van der Waals surface area contributed by atoms with Gasteiger partial charge in [0.25, 0.3) is 0 Å². The molecule has 0 aliphatic carbocycles. The third-order valence-corrected chi connectivity index (χ3v) is 4.46. The van der Waals surface area contributed by atoms with Crippen LogP contribution in [0.2, 0.25) is 0 Å². The second-order valence-electron chi connectivity index (χ2n) is 5.39. The Bertz CT molecular complexity index is 791. The fourth-order valence-electron chi connectivity index (χ4n) is 2.25. The Hall–Kier alpha value is -2.73. The number of pyridine rings is 1. The molecule has 1 aromatic carbocycles. The first-order valence-corrected chi connectivity index (χ1v) is 8.98. The van der Waals surface area contributed by atoms with Crippen molar-refractivity contribution in [3.63, 3.8) is 0 Å². The van der Waals surface area contributed by atoms with E-state index in [2.05, 4.69) is 15.3 Å². The molecule has 0 unspecified atom stereocenters. The first kappa shape index (κ1) is 17.1. The van der Waals surface area contributed by atoms with Crippen LogP contribution in [-0.2, 0) is 11.2 Å². The Morgan fingerprint density at radius 2 is 1.92 bits per heavy atom. The topological polar surface area (TPSA) is 64.1 Å². The lowest BCUT2D eigenvalue weighted by atomic mass is 10.3. The molecule has 0 bridgehead atoms. The summed E-state index contributed by atoms with van der Waals surface area (Å²) in [6.45, 7) is 0.947. The molecule has 3 aromatic rings. The maximum atomic E-state index is 11.8. The van der Waals surface area contributed by atoms with Crippen LogP contribution in [0.1, 0.15) is 12.1 Å². The Labute approximate surface area is 150 Å². The number of rotatable bonds is 8. The van der Waals surface area contributed by atoms with Gasteiger partial charge < -0.3 is 10.1 Å². The zero-order chi connectivity index (χ0) is 17.3. The number of nitrogens with zero attached hydrogens (tertiary/aromatic N) is 2. The standard InChI is InChI=1S/C19H19N3O2S/c23-18(9-13-24-17-4-2-1-3-5-17)21-12-8-16-14-25-19(22-16)15-6-10-20-11-7-15/h1-7,10-11,14H,8-9,12-13H2,(H,21,23). The lowest BCUT2D eigenvalue weighted by Crippen LogP contribution is -2.27. The number of carbonyl (C=O) groups is 1. The summed E-state index contributed by atoms with van der Waals surface area (Å²) in [7, 11) is 0. The molecule has 0 saturated carbocycles. The van der Waals surface area contributed by atoms with Crippen LogP contribution in [0.4, 0.5) is 0 Å². The van der Waals surface area contributed by atoms with Crippen molar-refractivity contribution in [3.05, 3.63) is 65.9 Å². The van der Waals surface area contributed by atoms with Crippen LogP contribution < -0.4 is 10.1 Å². The number of hydrogen-bond donors (Lipinski definition) is 1. The highest BCUT2D eigenvalue weighted by atomic mass is 32.1. The second-order valence-corrected chi connectivity index (χ2v) is 6.25. The van der Waals surface area contributed by atoms with Crippen molar-refractivity contribution in [3.8, 4) is 16.3 Å². The van der Waals surface area contributed by atoms with Crippen molar-refractivity contribution < 1.29 is 9.53 Å². The zero-order valence-corrected chi connectivity index (χ0v) is 14.5. The average Bonchev–Trinajstić information content (AvgIpc) is 3.12. The van der Waals surface area contributed by atoms with Gasteiger partial charge in [0.05, 0.1) is 18.7 Å². The van der Waals surface area contributed by atoms with Crippen LogP contribution in [0, 0.1) is 0 Å². The van der Waals surface area contributed by atoms with Crippen LogP contribution >= 0.6 is 11.3 Å². The zero-order valence-electron chi connectivity index (χ0n) is 13.7. The van der Waals surface area contributed by atoms with Gasteiger partial charge in [0.2, 0.25) is 5.91 Å². The molecule has 5 nitrogen and oxygen atoms in total. The summed E-state index contributed by atoms with van der Waals surface area (Å²) in [6.07, 6.45) is 4.57. The highest BCUT2D eigenvalue weighted by molar-refractivity contribution is 7.13. The highest BCUT2D eigenvalue weighted by Crippen LogP contribution is 2.22. The van der Waals surface area contributed by atoms with E-state index in [1.54, 1.807) is 23.7 Å². The number of para-hydroxylation sites is 1. The third kappa shape index (κ3) is 5.39. The van der Waals surface area contributed by atoms with E-state index in [0.29, 0.717) is 26.0 Å². The monoisotopic (exact) mass is 353 g/mol. The molecule has 3 rings (SSSR count). The van der Waals surface area contributed by atoms with Crippen molar-refractivity contribution in [2.75, 3.05) is 13.2 Å². The van der Waals surface area contributed by atoms with E-state index in [1.807, 2.05) is 47.8 Å². The number of ether oxygens (including phenoxy) is 1. The van der Waals surface area contributed by atoms with Gasteiger partial charge in [0.15, 0.2) is 0 Å². The average molecular weight is 353 g/mol. The van der Waals surface area contributed by atoms with E-state index in [-0.39, 0.29) is 5.91 Å². The molecule has 6 heteroatoms. The predicted molar refractivity (Wildman–Crippen MR) is 98.6 cm³/mol. The van der Waals surface area contributed by atoms with Gasteiger partial charge in [-0.05, 0) is 24.3 Å². The van der Waals surface area contributed by atoms with E-state index in [1.165, 1.54) is 0 Å². The minimum atomic E-state index is -0.0134. The summed E-state index contributed by atoms with van der Waals surface area (Å²) in [6, 6.07) is 13.4. The molecule has 1 N–H and O–H groups in total. The van der Waals surface area contributed by atoms with Gasteiger partial charge in [-0.25, -0.2) is 4.98 Å². The quantitative estimate of drug-likeness (QED) is 0.675. The van der Waals surface area contributed by atoms with E-state index in [0.717, 1.165) is 22.0 Å². The number of nitrogens with one attached hydrogen (secondary N) is 1. The minimum Gasteiger partial charge on any atom is -0.493 e. The first-order chi connectivity index (χ1) is 12.3. The SMILES string of the molecule is O=C(CCOc1ccccc1)NCCc1csc(-c2ccncc2)n1. The fraction of sp³-hybridized carbons (Fsp3) is 0.211. The molecule has 0 radical (unpaired) electrons. The van der Waals surface area contributed by atoms with E-state index in [4.69, 9.17) is 4.74 Å². The molecular formula is C19H19N3O2S. The molecule has 2 aromatic heterocycles. The van der Waals surface area contributed by atoms with E-state index in [9.17, 15) is 4.79 Å². The third-order valence-electron chi connectivity index (χ3n) is 3.52. The van der Waals surface area contributed by atoms with Gasteiger partial charge in [0.1, 0.15) is 10.8 Å². The molecule has 1 amide bonds. The molecule has 0 atom stereocenters. The molecular weight excluding hydrogens is 334 g/mol. The Balaban J connectivity index is 1.36. The first-order valence-electron chi connectivity index (χ1n) is 8.10. The lowest BCUT2D eigenvalue weighted by molar-refractivity contribution is -0.121. The Kier molecular flexibility index (Phi) is 6.11. The van der Waals surface area contributed by atoms with Gasteiger partial charge in [-0.15, -0.1) is 11.3 Å². The van der Waals surface area contributed by atoms with Crippen LogP contribution in [0.25, 0.3) is 10.6 Å². The fourth-order valence-corrected chi connectivity index (χ4v) is 3.11. The van der Waals surface area contributed by atoms with E-state index >= 15 is 0 Å². The number of carbonyl (C=O) groups excluding carboxylic acids is 1. The van der Waals surface area contributed by atoms with Crippen molar-refractivity contribution in [2.24, 2.45) is 0 Å². The molecule has 128 valence electrons.